The Balaban J connectivity index is 1.69. The molecule has 0 bridgehead atoms. The Hall–Kier alpha value is -1.26. The van der Waals surface area contributed by atoms with Crippen molar-refractivity contribution >= 4 is 17.7 Å². The van der Waals surface area contributed by atoms with E-state index in [1.54, 1.807) is 11.8 Å². The first-order chi connectivity index (χ1) is 9.24. The Morgan fingerprint density at radius 1 is 1.37 bits per heavy atom. The Labute approximate surface area is 119 Å². The van der Waals surface area contributed by atoms with Crippen LogP contribution in [0.4, 0.5) is 0 Å². The van der Waals surface area contributed by atoms with Crippen molar-refractivity contribution in [2.24, 2.45) is 0 Å². The van der Waals surface area contributed by atoms with E-state index >= 15 is 0 Å². The third-order valence-corrected chi connectivity index (χ3v) is 4.05. The van der Waals surface area contributed by atoms with E-state index in [1.807, 2.05) is 30.3 Å². The molecular weight excluding hydrogens is 256 g/mol. The molecule has 0 saturated carbocycles. The van der Waals surface area contributed by atoms with E-state index in [9.17, 15) is 4.79 Å². The van der Waals surface area contributed by atoms with Crippen molar-refractivity contribution in [2.45, 2.75) is 11.3 Å². The summed E-state index contributed by atoms with van der Waals surface area (Å²) < 4.78 is 0. The standard InChI is InChI=1S/C15H20N2OS/c1-17-9-5-6-13(11-17)10-16-15(18)12-19-14-7-3-2-4-8-14/h2-4,6-8H,5,9-12H2,1H3,(H,16,18). The van der Waals surface area contributed by atoms with E-state index in [1.165, 1.54) is 5.57 Å². The van der Waals surface area contributed by atoms with Gasteiger partial charge in [0.05, 0.1) is 5.75 Å². The van der Waals surface area contributed by atoms with Crippen LogP contribution in [0.3, 0.4) is 0 Å². The minimum Gasteiger partial charge on any atom is -0.352 e. The number of amides is 1. The van der Waals surface area contributed by atoms with Gasteiger partial charge in [-0.3, -0.25) is 4.79 Å². The highest BCUT2D eigenvalue weighted by molar-refractivity contribution is 8.00. The largest absolute Gasteiger partial charge is 0.352 e. The third kappa shape index (κ3) is 5.09. The number of rotatable bonds is 5. The molecule has 2 rings (SSSR count). The predicted octanol–water partition coefficient (Wildman–Crippen LogP) is 2.16. The molecule has 102 valence electrons. The van der Waals surface area contributed by atoms with Crippen LogP contribution in [0.25, 0.3) is 0 Å². The molecular formula is C15H20N2OS. The number of thioether (sulfide) groups is 1. The zero-order chi connectivity index (χ0) is 13.5. The Morgan fingerprint density at radius 3 is 2.89 bits per heavy atom. The SMILES string of the molecule is CN1CCC=C(CNC(=O)CSc2ccccc2)C1. The topological polar surface area (TPSA) is 32.3 Å². The number of hydrogen-bond donors (Lipinski definition) is 1. The fraction of sp³-hybridized carbons (Fsp3) is 0.400. The van der Waals surface area contributed by atoms with Gasteiger partial charge in [-0.15, -0.1) is 11.8 Å². The van der Waals surface area contributed by atoms with Gasteiger partial charge in [-0.05, 0) is 31.2 Å². The molecule has 0 aliphatic carbocycles. The fourth-order valence-electron chi connectivity index (χ4n) is 2.04. The van der Waals surface area contributed by atoms with E-state index in [0.29, 0.717) is 12.3 Å². The van der Waals surface area contributed by atoms with Crippen LogP contribution in [0.1, 0.15) is 6.42 Å². The Morgan fingerprint density at radius 2 is 2.16 bits per heavy atom. The maximum Gasteiger partial charge on any atom is 0.230 e. The number of hydrogen-bond acceptors (Lipinski definition) is 3. The van der Waals surface area contributed by atoms with Crippen molar-refractivity contribution in [1.82, 2.24) is 10.2 Å². The van der Waals surface area contributed by atoms with E-state index in [2.05, 4.69) is 23.3 Å². The molecule has 1 aromatic rings. The minimum atomic E-state index is 0.1000. The van der Waals surface area contributed by atoms with Gasteiger partial charge in [0.1, 0.15) is 0 Å². The second-order valence-corrected chi connectivity index (χ2v) is 5.82. The summed E-state index contributed by atoms with van der Waals surface area (Å²) in [7, 11) is 2.11. The van der Waals surface area contributed by atoms with Crippen LogP contribution in [-0.4, -0.2) is 43.2 Å². The van der Waals surface area contributed by atoms with E-state index in [0.717, 1.165) is 24.4 Å². The number of carbonyl (C=O) groups is 1. The first-order valence-corrected chi connectivity index (χ1v) is 7.53. The number of nitrogens with one attached hydrogen (secondary N) is 1. The van der Waals surface area contributed by atoms with Gasteiger partial charge in [0.2, 0.25) is 5.91 Å². The normalized spacial score (nSPS) is 15.9. The fourth-order valence-corrected chi connectivity index (χ4v) is 2.79. The van der Waals surface area contributed by atoms with Crippen LogP contribution in [-0.2, 0) is 4.79 Å². The molecule has 1 aliphatic heterocycles. The van der Waals surface area contributed by atoms with E-state index in [4.69, 9.17) is 0 Å². The van der Waals surface area contributed by atoms with E-state index in [-0.39, 0.29) is 5.91 Å². The van der Waals surface area contributed by atoms with Crippen LogP contribution in [0.2, 0.25) is 0 Å². The van der Waals surface area contributed by atoms with Gasteiger partial charge in [0.25, 0.3) is 0 Å². The second kappa shape index (κ2) is 7.36. The number of likely N-dealkylation sites (N-methyl/N-ethyl adjacent to an activating group) is 1. The molecule has 0 unspecified atom stereocenters. The highest BCUT2D eigenvalue weighted by atomic mass is 32.2. The average Bonchev–Trinajstić information content (AvgIpc) is 2.44. The van der Waals surface area contributed by atoms with Crippen molar-refractivity contribution in [3.63, 3.8) is 0 Å². The molecule has 1 amide bonds. The first-order valence-electron chi connectivity index (χ1n) is 6.55. The summed E-state index contributed by atoms with van der Waals surface area (Å²) in [5.74, 6) is 0.579. The number of nitrogens with zero attached hydrogens (tertiary/aromatic N) is 1. The quantitative estimate of drug-likeness (QED) is 0.661. The minimum absolute atomic E-state index is 0.1000. The molecule has 1 heterocycles. The van der Waals surface area contributed by atoms with Crippen molar-refractivity contribution in [3.05, 3.63) is 42.0 Å². The van der Waals surface area contributed by atoms with Crippen molar-refractivity contribution in [3.8, 4) is 0 Å². The second-order valence-electron chi connectivity index (χ2n) is 4.77. The number of benzene rings is 1. The molecule has 1 aromatic carbocycles. The summed E-state index contributed by atoms with van der Waals surface area (Å²) in [6, 6.07) is 10.0. The zero-order valence-corrected chi connectivity index (χ0v) is 12.1. The van der Waals surface area contributed by atoms with Crippen LogP contribution >= 0.6 is 11.8 Å². The van der Waals surface area contributed by atoms with Crippen LogP contribution < -0.4 is 5.32 Å². The van der Waals surface area contributed by atoms with Crippen LogP contribution in [0.15, 0.2) is 46.9 Å². The molecule has 0 aromatic heterocycles. The molecule has 0 spiro atoms. The lowest BCUT2D eigenvalue weighted by Gasteiger charge is -2.23. The van der Waals surface area contributed by atoms with Crippen LogP contribution in [0.5, 0.6) is 0 Å². The highest BCUT2D eigenvalue weighted by Gasteiger charge is 2.09. The maximum atomic E-state index is 11.8. The van der Waals surface area contributed by atoms with Gasteiger partial charge in [-0.2, -0.15) is 0 Å². The average molecular weight is 276 g/mol. The lowest BCUT2D eigenvalue weighted by Crippen LogP contribution is -2.33. The summed E-state index contributed by atoms with van der Waals surface area (Å²) in [4.78, 5) is 15.2. The van der Waals surface area contributed by atoms with Crippen molar-refractivity contribution < 1.29 is 4.79 Å². The number of carbonyl (C=O) groups excluding carboxylic acids is 1. The van der Waals surface area contributed by atoms with Gasteiger partial charge in [0.15, 0.2) is 0 Å². The van der Waals surface area contributed by atoms with Crippen LogP contribution in [0, 0.1) is 0 Å². The van der Waals surface area contributed by atoms with Crippen molar-refractivity contribution in [1.29, 1.82) is 0 Å². The first kappa shape index (κ1) is 14.2. The molecule has 1 N–H and O–H groups in total. The molecule has 0 fully saturated rings. The molecule has 0 radical (unpaired) electrons. The summed E-state index contributed by atoms with van der Waals surface area (Å²) in [6.45, 7) is 2.76. The van der Waals surface area contributed by atoms with Gasteiger partial charge in [-0.25, -0.2) is 0 Å². The predicted molar refractivity (Wildman–Crippen MR) is 80.4 cm³/mol. The van der Waals surface area contributed by atoms with Gasteiger partial charge in [-0.1, -0.05) is 24.3 Å². The van der Waals surface area contributed by atoms with E-state index < -0.39 is 0 Å². The molecule has 1 aliphatic rings. The summed E-state index contributed by atoms with van der Waals surface area (Å²) in [5, 5.41) is 2.99. The van der Waals surface area contributed by atoms with Gasteiger partial charge >= 0.3 is 0 Å². The summed E-state index contributed by atoms with van der Waals surface area (Å²) in [6.07, 6.45) is 3.32. The van der Waals surface area contributed by atoms with Crippen molar-refractivity contribution in [2.75, 3.05) is 32.4 Å². The smallest absolute Gasteiger partial charge is 0.230 e. The summed E-state index contributed by atoms with van der Waals surface area (Å²) >= 11 is 1.57. The maximum absolute atomic E-state index is 11.8. The highest BCUT2D eigenvalue weighted by Crippen LogP contribution is 2.16. The molecule has 19 heavy (non-hydrogen) atoms. The Kier molecular flexibility index (Phi) is 5.48. The lowest BCUT2D eigenvalue weighted by molar-refractivity contribution is -0.118. The molecule has 0 saturated heterocycles. The third-order valence-electron chi connectivity index (χ3n) is 3.04. The lowest BCUT2D eigenvalue weighted by atomic mass is 10.1. The molecule has 3 nitrogen and oxygen atoms in total. The van der Waals surface area contributed by atoms with Gasteiger partial charge < -0.3 is 10.2 Å². The monoisotopic (exact) mass is 276 g/mol. The molecule has 4 heteroatoms. The summed E-state index contributed by atoms with van der Waals surface area (Å²) in [5.41, 5.74) is 1.31. The zero-order valence-electron chi connectivity index (χ0n) is 11.3. The molecule has 0 atom stereocenters. The van der Waals surface area contributed by atoms with Gasteiger partial charge in [0, 0.05) is 24.5 Å². The Bertz CT molecular complexity index is 445.